The van der Waals surface area contributed by atoms with Crippen molar-refractivity contribution in [1.29, 1.82) is 0 Å². The third kappa shape index (κ3) is 3.47. The molecule has 2 rings (SSSR count). The summed E-state index contributed by atoms with van der Waals surface area (Å²) in [7, 11) is 0. The fourth-order valence-electron chi connectivity index (χ4n) is 1.85. The highest BCUT2D eigenvalue weighted by Crippen LogP contribution is 2.27. The molecule has 0 aliphatic heterocycles. The zero-order valence-corrected chi connectivity index (χ0v) is 12.4. The van der Waals surface area contributed by atoms with E-state index in [1.807, 2.05) is 25.1 Å². The summed E-state index contributed by atoms with van der Waals surface area (Å²) in [4.78, 5) is 18.4. The Morgan fingerprint density at radius 1 is 1.25 bits per heavy atom. The molecular formula is C16H20N2O2. The van der Waals surface area contributed by atoms with Gasteiger partial charge in [0.1, 0.15) is 11.6 Å². The summed E-state index contributed by atoms with van der Waals surface area (Å²) in [6, 6.07) is 9.22. The van der Waals surface area contributed by atoms with Crippen LogP contribution in [-0.2, 0) is 11.8 Å². The van der Waals surface area contributed by atoms with Crippen LogP contribution in [0.5, 0.6) is 11.6 Å². The van der Waals surface area contributed by atoms with Crippen molar-refractivity contribution in [1.82, 2.24) is 9.97 Å². The maximum absolute atomic E-state index is 11.5. The zero-order chi connectivity index (χ0) is 14.8. The minimum absolute atomic E-state index is 0.0511. The maximum atomic E-state index is 11.5. The van der Waals surface area contributed by atoms with E-state index < -0.39 is 0 Å². The number of H-pyrrole nitrogens is 1. The van der Waals surface area contributed by atoms with E-state index in [0.29, 0.717) is 23.9 Å². The average Bonchev–Trinajstić information content (AvgIpc) is 2.37. The highest BCUT2D eigenvalue weighted by Gasteiger charge is 2.14. The van der Waals surface area contributed by atoms with Crippen molar-refractivity contribution in [3.05, 3.63) is 52.1 Å². The molecule has 0 bridgehead atoms. The number of hydrogen-bond acceptors (Lipinski definition) is 3. The molecule has 106 valence electrons. The van der Waals surface area contributed by atoms with Gasteiger partial charge in [0.05, 0.1) is 6.07 Å². The van der Waals surface area contributed by atoms with Gasteiger partial charge in [-0.05, 0) is 23.1 Å². The van der Waals surface area contributed by atoms with Crippen LogP contribution in [0.3, 0.4) is 0 Å². The van der Waals surface area contributed by atoms with Crippen LogP contribution < -0.4 is 10.3 Å². The standard InChI is InChI=1S/C16H20N2O2/c1-5-13-17-14(19)10-15(18-13)20-12-8-6-7-11(9-12)16(2,3)4/h6-10H,5H2,1-4H3,(H,17,18,19). The lowest BCUT2D eigenvalue weighted by molar-refractivity contribution is 0.454. The SMILES string of the molecule is CCc1nc(Oc2cccc(C(C)(C)C)c2)cc(=O)[nH]1. The van der Waals surface area contributed by atoms with Gasteiger partial charge in [-0.1, -0.05) is 39.8 Å². The molecule has 0 unspecified atom stereocenters. The predicted molar refractivity (Wildman–Crippen MR) is 79.5 cm³/mol. The van der Waals surface area contributed by atoms with Gasteiger partial charge in [0.25, 0.3) is 5.56 Å². The van der Waals surface area contributed by atoms with Crippen LogP contribution in [0.25, 0.3) is 0 Å². The van der Waals surface area contributed by atoms with Crippen molar-refractivity contribution < 1.29 is 4.74 Å². The number of hydrogen-bond donors (Lipinski definition) is 1. The van der Waals surface area contributed by atoms with Crippen LogP contribution in [0.4, 0.5) is 0 Å². The van der Waals surface area contributed by atoms with E-state index in [1.165, 1.54) is 11.6 Å². The number of rotatable bonds is 3. The van der Waals surface area contributed by atoms with Crippen molar-refractivity contribution in [3.8, 4) is 11.6 Å². The van der Waals surface area contributed by atoms with Gasteiger partial charge in [-0.15, -0.1) is 0 Å². The first-order chi connectivity index (χ1) is 9.38. The summed E-state index contributed by atoms with van der Waals surface area (Å²) >= 11 is 0. The lowest BCUT2D eigenvalue weighted by atomic mass is 9.87. The molecule has 0 saturated heterocycles. The number of nitrogens with zero attached hydrogens (tertiary/aromatic N) is 1. The Hall–Kier alpha value is -2.10. The lowest BCUT2D eigenvalue weighted by Crippen LogP contribution is -2.11. The molecule has 0 aliphatic carbocycles. The van der Waals surface area contributed by atoms with E-state index >= 15 is 0 Å². The Balaban J connectivity index is 2.31. The van der Waals surface area contributed by atoms with Crippen molar-refractivity contribution in [2.45, 2.75) is 39.5 Å². The van der Waals surface area contributed by atoms with Crippen LogP contribution in [0, 0.1) is 0 Å². The first kappa shape index (κ1) is 14.3. The number of aromatic amines is 1. The molecule has 4 heteroatoms. The second-order valence-electron chi connectivity index (χ2n) is 5.76. The molecule has 1 aromatic heterocycles. The third-order valence-electron chi connectivity index (χ3n) is 3.02. The molecule has 0 aliphatic rings. The number of nitrogens with one attached hydrogen (secondary N) is 1. The van der Waals surface area contributed by atoms with Crippen LogP contribution in [0.15, 0.2) is 35.1 Å². The Labute approximate surface area is 118 Å². The molecule has 4 nitrogen and oxygen atoms in total. The fraction of sp³-hybridized carbons (Fsp3) is 0.375. The number of ether oxygens (including phenoxy) is 1. The molecule has 0 atom stereocenters. The van der Waals surface area contributed by atoms with Gasteiger partial charge >= 0.3 is 0 Å². The number of benzene rings is 1. The predicted octanol–water partition coefficient (Wildman–Crippen LogP) is 3.42. The quantitative estimate of drug-likeness (QED) is 0.931. The topological polar surface area (TPSA) is 55.0 Å². The molecule has 1 N–H and O–H groups in total. The zero-order valence-electron chi connectivity index (χ0n) is 12.4. The van der Waals surface area contributed by atoms with Crippen molar-refractivity contribution in [2.75, 3.05) is 0 Å². The normalized spacial score (nSPS) is 11.4. The van der Waals surface area contributed by atoms with Crippen molar-refractivity contribution >= 4 is 0 Å². The average molecular weight is 272 g/mol. The first-order valence-corrected chi connectivity index (χ1v) is 6.77. The van der Waals surface area contributed by atoms with E-state index in [9.17, 15) is 4.79 Å². The van der Waals surface area contributed by atoms with Gasteiger partial charge in [-0.3, -0.25) is 4.79 Å². The van der Waals surface area contributed by atoms with E-state index in [-0.39, 0.29) is 11.0 Å². The van der Waals surface area contributed by atoms with Gasteiger partial charge in [0, 0.05) is 6.42 Å². The molecule has 2 aromatic rings. The molecule has 0 spiro atoms. The van der Waals surface area contributed by atoms with E-state index in [2.05, 4.69) is 36.8 Å². The number of aryl methyl sites for hydroxylation is 1. The highest BCUT2D eigenvalue weighted by molar-refractivity contribution is 5.34. The summed E-state index contributed by atoms with van der Waals surface area (Å²) in [5.41, 5.74) is 1.03. The summed E-state index contributed by atoms with van der Waals surface area (Å²) < 4.78 is 5.71. The molecular weight excluding hydrogens is 252 g/mol. The lowest BCUT2D eigenvalue weighted by Gasteiger charge is -2.19. The minimum atomic E-state index is -0.196. The van der Waals surface area contributed by atoms with Crippen LogP contribution in [0.2, 0.25) is 0 Å². The van der Waals surface area contributed by atoms with Crippen LogP contribution in [-0.4, -0.2) is 9.97 Å². The molecule has 20 heavy (non-hydrogen) atoms. The maximum Gasteiger partial charge on any atom is 0.254 e. The fourth-order valence-corrected chi connectivity index (χ4v) is 1.85. The van der Waals surface area contributed by atoms with E-state index in [0.717, 1.165) is 0 Å². The monoisotopic (exact) mass is 272 g/mol. The van der Waals surface area contributed by atoms with Crippen LogP contribution in [0.1, 0.15) is 39.1 Å². The molecule has 1 heterocycles. The van der Waals surface area contributed by atoms with Gasteiger partial charge in [-0.2, -0.15) is 4.98 Å². The molecule has 0 saturated carbocycles. The number of aromatic nitrogens is 2. The van der Waals surface area contributed by atoms with Gasteiger partial charge in [0.2, 0.25) is 5.88 Å². The Morgan fingerprint density at radius 2 is 2.00 bits per heavy atom. The molecule has 0 amide bonds. The molecule has 1 aromatic carbocycles. The van der Waals surface area contributed by atoms with Crippen molar-refractivity contribution in [3.63, 3.8) is 0 Å². The van der Waals surface area contributed by atoms with E-state index in [1.54, 1.807) is 0 Å². The Kier molecular flexibility index (Phi) is 3.93. The second kappa shape index (κ2) is 5.49. The van der Waals surface area contributed by atoms with Crippen LogP contribution >= 0.6 is 0 Å². The molecule has 0 radical (unpaired) electrons. The third-order valence-corrected chi connectivity index (χ3v) is 3.02. The second-order valence-corrected chi connectivity index (χ2v) is 5.76. The largest absolute Gasteiger partial charge is 0.439 e. The Morgan fingerprint density at radius 3 is 2.65 bits per heavy atom. The Bertz CT molecular complexity index is 654. The summed E-state index contributed by atoms with van der Waals surface area (Å²) in [5.74, 6) is 1.65. The van der Waals surface area contributed by atoms with E-state index in [4.69, 9.17) is 4.74 Å². The summed E-state index contributed by atoms with van der Waals surface area (Å²) in [5, 5.41) is 0. The highest BCUT2D eigenvalue weighted by atomic mass is 16.5. The van der Waals surface area contributed by atoms with Gasteiger partial charge < -0.3 is 9.72 Å². The summed E-state index contributed by atoms with van der Waals surface area (Å²) in [6.45, 7) is 8.37. The smallest absolute Gasteiger partial charge is 0.254 e. The summed E-state index contributed by atoms with van der Waals surface area (Å²) in [6.07, 6.45) is 0.661. The minimum Gasteiger partial charge on any atom is -0.439 e. The van der Waals surface area contributed by atoms with Gasteiger partial charge in [-0.25, -0.2) is 0 Å². The van der Waals surface area contributed by atoms with Gasteiger partial charge in [0.15, 0.2) is 0 Å². The first-order valence-electron chi connectivity index (χ1n) is 6.77. The molecule has 0 fully saturated rings. The van der Waals surface area contributed by atoms with Crippen molar-refractivity contribution in [2.24, 2.45) is 0 Å².